The number of unbranched alkanes of at least 4 members (excludes halogenated alkanes) is 1. The molecule has 1 aliphatic heterocycles. The molecule has 0 N–H and O–H groups in total. The van der Waals surface area contributed by atoms with E-state index in [4.69, 9.17) is 0 Å². The number of hydrogen-bond donors (Lipinski definition) is 0. The normalized spacial score (nSPS) is 11.8. The second-order valence-corrected chi connectivity index (χ2v) is 2.80. The monoisotopic (exact) mass is 322 g/mol. The minimum atomic E-state index is 0. The summed E-state index contributed by atoms with van der Waals surface area (Å²) in [5, 5.41) is 0. The summed E-state index contributed by atoms with van der Waals surface area (Å²) < 4.78 is 0. The molecule has 1 aliphatic rings. The second kappa shape index (κ2) is 14.6. The van der Waals surface area contributed by atoms with Crippen molar-refractivity contribution in [1.82, 2.24) is 9.80 Å². The molecule has 6 heteroatoms. The molecule has 2 nitrogen and oxygen atoms in total. The molecule has 15 heavy (non-hydrogen) atoms. The summed E-state index contributed by atoms with van der Waals surface area (Å²) in [4.78, 5) is 4.38. The van der Waals surface area contributed by atoms with Gasteiger partial charge in [0.1, 0.15) is 0 Å². The van der Waals surface area contributed by atoms with Crippen LogP contribution in [0.3, 0.4) is 0 Å². The van der Waals surface area contributed by atoms with Crippen LogP contribution in [-0.2, 0) is 19.5 Å². The molecule has 0 atom stereocenters. The molecule has 1 heterocycles. The molecule has 0 bridgehead atoms. The minimum absolute atomic E-state index is 0. The summed E-state index contributed by atoms with van der Waals surface area (Å²) >= 11 is 0. The van der Waals surface area contributed by atoms with Crippen LogP contribution in [0.4, 0.5) is 0 Å². The first-order chi connectivity index (χ1) is 5.36. The molecule has 0 spiro atoms. The van der Waals surface area contributed by atoms with Gasteiger partial charge in [-0.15, -0.1) is 12.4 Å². The van der Waals surface area contributed by atoms with E-state index in [2.05, 4.69) is 35.7 Å². The van der Waals surface area contributed by atoms with Gasteiger partial charge in [0, 0.05) is 18.9 Å². The van der Waals surface area contributed by atoms with E-state index in [1.165, 1.54) is 12.8 Å². The molecule has 0 unspecified atom stereocenters. The van der Waals surface area contributed by atoms with Gasteiger partial charge in [-0.3, -0.25) is 0 Å². The van der Waals surface area contributed by atoms with Crippen LogP contribution in [0.25, 0.3) is 0 Å². The van der Waals surface area contributed by atoms with Crippen molar-refractivity contribution < 1.29 is 44.3 Å². The van der Waals surface area contributed by atoms with Crippen LogP contribution >= 0.6 is 12.4 Å². The van der Waals surface area contributed by atoms with Gasteiger partial charge < -0.3 is 34.6 Å². The van der Waals surface area contributed by atoms with Gasteiger partial charge in [0.25, 0.3) is 0 Å². The van der Waals surface area contributed by atoms with E-state index in [9.17, 15) is 0 Å². The molecule has 0 saturated heterocycles. The smallest absolute Gasteiger partial charge is 1.00 e. The number of nitrogens with zero attached hydrogens (tertiary/aromatic N) is 2. The Morgan fingerprint density at radius 2 is 1.93 bits per heavy atom. The minimum Gasteiger partial charge on any atom is -1.00 e. The summed E-state index contributed by atoms with van der Waals surface area (Å²) in [6.45, 7) is 8.06. The Morgan fingerprint density at radius 1 is 1.33 bits per heavy atom. The van der Waals surface area contributed by atoms with E-state index < -0.39 is 0 Å². The molecule has 0 aromatic heterocycles. The van der Waals surface area contributed by atoms with Gasteiger partial charge in [0.15, 0.2) is 0 Å². The van der Waals surface area contributed by atoms with Gasteiger partial charge in [-0.05, 0) is 12.6 Å². The van der Waals surface area contributed by atoms with E-state index in [0.717, 1.165) is 13.2 Å². The molecule has 0 aliphatic carbocycles. The van der Waals surface area contributed by atoms with Crippen molar-refractivity contribution in [3.63, 3.8) is 0 Å². The predicted octanol–water partition coefficient (Wildman–Crippen LogP) is -3.60. The fourth-order valence-electron chi connectivity index (χ4n) is 1.11. The molecule has 0 aromatic carbocycles. The first-order valence-electron chi connectivity index (χ1n) is 4.17. The van der Waals surface area contributed by atoms with E-state index in [-0.39, 0.29) is 56.7 Å². The zero-order chi connectivity index (χ0) is 8.10. The first kappa shape index (κ1) is 24.7. The van der Waals surface area contributed by atoms with Gasteiger partial charge in [-0.25, -0.2) is 0 Å². The maximum absolute atomic E-state index is 3.71. The van der Waals surface area contributed by atoms with Gasteiger partial charge in [-0.1, -0.05) is 19.9 Å². The molecule has 86 valence electrons. The Morgan fingerprint density at radius 3 is 2.33 bits per heavy atom. The van der Waals surface area contributed by atoms with Crippen LogP contribution in [0, 0.1) is 0 Å². The molecule has 0 radical (unpaired) electrons. The summed E-state index contributed by atoms with van der Waals surface area (Å²) in [5.41, 5.74) is 0. The Balaban J connectivity index is -0.000000151. The Bertz CT molecular complexity index is 167. The summed E-state index contributed by atoms with van der Waals surface area (Å²) in [6, 6.07) is 0. The molecule has 0 fully saturated rings. The summed E-state index contributed by atoms with van der Waals surface area (Å²) in [5.74, 6) is 0. The van der Waals surface area contributed by atoms with E-state index in [0.29, 0.717) is 0 Å². The molecule has 0 aromatic rings. The van der Waals surface area contributed by atoms with Gasteiger partial charge >= 0.3 is 19.5 Å². The van der Waals surface area contributed by atoms with E-state index in [1.807, 2.05) is 6.20 Å². The zero-order valence-corrected chi connectivity index (χ0v) is 14.3. The van der Waals surface area contributed by atoms with Crippen molar-refractivity contribution in [3.8, 4) is 0 Å². The van der Waals surface area contributed by atoms with Crippen LogP contribution in [-0.4, -0.2) is 23.0 Å². The third-order valence-corrected chi connectivity index (χ3v) is 1.85. The Kier molecular flexibility index (Phi) is 24.0. The Hall–Kier alpha value is 0.573. The number of halogens is 3. The van der Waals surface area contributed by atoms with Crippen LogP contribution in [0.5, 0.6) is 0 Å². The fraction of sp³-hybridized carbons (Fsp3) is 0.556. The molecular weight excluding hydrogens is 308 g/mol. The average Bonchev–Trinajstić information content (AvgIpc) is 2.48. The van der Waals surface area contributed by atoms with Crippen molar-refractivity contribution in [1.29, 1.82) is 0 Å². The predicted molar refractivity (Wildman–Crippen MR) is 54.9 cm³/mol. The molecule has 0 saturated carbocycles. The van der Waals surface area contributed by atoms with E-state index in [1.54, 1.807) is 0 Å². The summed E-state index contributed by atoms with van der Waals surface area (Å²) in [6.07, 6.45) is 8.57. The third-order valence-electron chi connectivity index (χ3n) is 1.85. The first-order valence-corrected chi connectivity index (χ1v) is 4.17. The van der Waals surface area contributed by atoms with Gasteiger partial charge in [0.05, 0.1) is 6.67 Å². The van der Waals surface area contributed by atoms with Crippen LogP contribution < -0.4 is 24.8 Å². The Labute approximate surface area is 124 Å². The van der Waals surface area contributed by atoms with Crippen molar-refractivity contribution >= 4 is 12.4 Å². The number of hydrogen-bond acceptors (Lipinski definition) is 2. The molecular formula is C9H17Cl3N2Zn. The zero-order valence-electron chi connectivity index (χ0n) is 9.03. The maximum Gasteiger partial charge on any atom is 2.00 e. The van der Waals surface area contributed by atoms with Crippen molar-refractivity contribution in [3.05, 3.63) is 25.2 Å². The van der Waals surface area contributed by atoms with E-state index >= 15 is 0 Å². The SMILES string of the molecule is C=CN1C=CN(CCCC)C1.Cl.[Cl-].[Cl-].[Zn+2]. The van der Waals surface area contributed by atoms with Gasteiger partial charge in [-0.2, -0.15) is 0 Å². The van der Waals surface area contributed by atoms with Gasteiger partial charge in [0.2, 0.25) is 0 Å². The van der Waals surface area contributed by atoms with Crippen LogP contribution in [0.15, 0.2) is 25.2 Å². The van der Waals surface area contributed by atoms with Crippen molar-refractivity contribution in [2.24, 2.45) is 0 Å². The molecule has 1 rings (SSSR count). The topological polar surface area (TPSA) is 6.48 Å². The quantitative estimate of drug-likeness (QED) is 0.493. The maximum atomic E-state index is 3.71. The largest absolute Gasteiger partial charge is 2.00 e. The molecule has 0 amide bonds. The van der Waals surface area contributed by atoms with Crippen molar-refractivity contribution in [2.75, 3.05) is 13.2 Å². The summed E-state index contributed by atoms with van der Waals surface area (Å²) in [7, 11) is 0. The standard InChI is InChI=1S/C9H16N2.3ClH.Zn/c1-3-5-6-11-8-7-10(4-2)9-11;;;;/h4,7-8H,2-3,5-6,9H2,1H3;3*1H;/q;;;;+2/p-2. The van der Waals surface area contributed by atoms with Crippen molar-refractivity contribution in [2.45, 2.75) is 19.8 Å². The average molecular weight is 325 g/mol. The fourth-order valence-corrected chi connectivity index (χ4v) is 1.11. The van der Waals surface area contributed by atoms with Crippen LogP contribution in [0.1, 0.15) is 19.8 Å². The van der Waals surface area contributed by atoms with Crippen LogP contribution in [0.2, 0.25) is 0 Å². The second-order valence-electron chi connectivity index (χ2n) is 2.80. The number of rotatable bonds is 4. The third kappa shape index (κ3) is 9.50.